The maximum absolute atomic E-state index is 10.7. The van der Waals surface area contributed by atoms with E-state index in [4.69, 9.17) is 29.9 Å². The van der Waals surface area contributed by atoms with Crippen molar-refractivity contribution in [3.63, 3.8) is 0 Å². The summed E-state index contributed by atoms with van der Waals surface area (Å²) >= 11 is 0. The first-order valence-electron chi connectivity index (χ1n) is 12.5. The summed E-state index contributed by atoms with van der Waals surface area (Å²) < 4.78 is 10.5. The van der Waals surface area contributed by atoms with Crippen LogP contribution in [0.4, 0.5) is 0 Å². The third-order valence-corrected chi connectivity index (χ3v) is 5.12. The monoisotopic (exact) mass is 520 g/mol. The van der Waals surface area contributed by atoms with Crippen LogP contribution in [-0.4, -0.2) is 70.5 Å². The fourth-order valence-electron chi connectivity index (χ4n) is 3.09. The Bertz CT molecular complexity index is 862. The number of hydrogen-bond donors (Lipinski definition) is 4. The summed E-state index contributed by atoms with van der Waals surface area (Å²) in [6.07, 6.45) is -0.654. The SMILES string of the molecule is CC(C)c1ccccc1C(=O)O.CC(C)c1ccccc1C(=O)O.CC(O)COC(C)COC(C)CO. The molecule has 2 rings (SSSR count). The van der Waals surface area contributed by atoms with Crippen molar-refractivity contribution in [2.24, 2.45) is 0 Å². The van der Waals surface area contributed by atoms with Crippen molar-refractivity contribution in [1.29, 1.82) is 0 Å². The molecule has 0 saturated heterocycles. The number of aromatic carboxylic acids is 2. The number of aliphatic hydroxyl groups excluding tert-OH is 2. The van der Waals surface area contributed by atoms with Crippen LogP contribution in [0.2, 0.25) is 0 Å². The number of aliphatic hydroxyl groups is 2. The third kappa shape index (κ3) is 14.5. The van der Waals surface area contributed by atoms with Gasteiger partial charge in [0, 0.05) is 0 Å². The number of carbonyl (C=O) groups is 2. The first-order valence-corrected chi connectivity index (χ1v) is 12.5. The molecule has 8 heteroatoms. The molecule has 4 N–H and O–H groups in total. The van der Waals surface area contributed by atoms with Crippen LogP contribution < -0.4 is 0 Å². The Hall–Kier alpha value is -2.78. The molecule has 2 aromatic rings. The molecule has 0 aliphatic carbocycles. The Labute approximate surface area is 220 Å². The summed E-state index contributed by atoms with van der Waals surface area (Å²) in [5.41, 5.74) is 2.61. The average molecular weight is 521 g/mol. The molecule has 8 nitrogen and oxygen atoms in total. The van der Waals surface area contributed by atoms with Gasteiger partial charge >= 0.3 is 11.9 Å². The smallest absolute Gasteiger partial charge is 0.335 e. The molecule has 208 valence electrons. The van der Waals surface area contributed by atoms with Gasteiger partial charge in [0.15, 0.2) is 0 Å². The molecule has 3 unspecified atom stereocenters. The highest BCUT2D eigenvalue weighted by molar-refractivity contribution is 5.90. The van der Waals surface area contributed by atoms with Crippen molar-refractivity contribution in [3.8, 4) is 0 Å². The maximum Gasteiger partial charge on any atom is 0.335 e. The summed E-state index contributed by atoms with van der Waals surface area (Å²) in [7, 11) is 0. The van der Waals surface area contributed by atoms with Crippen LogP contribution >= 0.6 is 0 Å². The molecule has 0 aromatic heterocycles. The van der Waals surface area contributed by atoms with Gasteiger partial charge < -0.3 is 29.9 Å². The molecule has 0 spiro atoms. The summed E-state index contributed by atoms with van der Waals surface area (Å²) in [6, 6.07) is 14.2. The molecular formula is C29H44O8. The minimum atomic E-state index is -0.848. The van der Waals surface area contributed by atoms with Crippen LogP contribution in [0.3, 0.4) is 0 Å². The van der Waals surface area contributed by atoms with E-state index in [1.165, 1.54) is 0 Å². The van der Waals surface area contributed by atoms with Crippen molar-refractivity contribution in [1.82, 2.24) is 0 Å². The minimum absolute atomic E-state index is 0.0170. The molecular weight excluding hydrogens is 476 g/mol. The zero-order chi connectivity index (χ0) is 28.5. The zero-order valence-electron chi connectivity index (χ0n) is 23.0. The van der Waals surface area contributed by atoms with E-state index in [1.54, 1.807) is 38.1 Å². The highest BCUT2D eigenvalue weighted by atomic mass is 16.5. The minimum Gasteiger partial charge on any atom is -0.478 e. The van der Waals surface area contributed by atoms with E-state index >= 15 is 0 Å². The largest absolute Gasteiger partial charge is 0.478 e. The van der Waals surface area contributed by atoms with Gasteiger partial charge in [-0.05, 0) is 55.9 Å². The summed E-state index contributed by atoms with van der Waals surface area (Å²) in [5, 5.41) is 35.2. The Balaban J connectivity index is 0.000000526. The molecule has 0 heterocycles. The lowest BCUT2D eigenvalue weighted by molar-refractivity contribution is -0.0620. The highest BCUT2D eigenvalue weighted by Gasteiger charge is 2.11. The average Bonchev–Trinajstić information content (AvgIpc) is 2.86. The number of hydrogen-bond acceptors (Lipinski definition) is 6. The lowest BCUT2D eigenvalue weighted by Gasteiger charge is -2.16. The second-order valence-corrected chi connectivity index (χ2v) is 9.41. The van der Waals surface area contributed by atoms with Crippen LogP contribution in [-0.2, 0) is 9.47 Å². The zero-order valence-corrected chi connectivity index (χ0v) is 23.0. The molecule has 0 bridgehead atoms. The predicted molar refractivity (Wildman–Crippen MR) is 145 cm³/mol. The maximum atomic E-state index is 10.7. The lowest BCUT2D eigenvalue weighted by atomic mass is 9.97. The van der Waals surface area contributed by atoms with Crippen LogP contribution in [0, 0.1) is 0 Å². The van der Waals surface area contributed by atoms with Crippen LogP contribution in [0.25, 0.3) is 0 Å². The van der Waals surface area contributed by atoms with Gasteiger partial charge in [-0.1, -0.05) is 64.1 Å². The Morgan fingerprint density at radius 2 is 1.05 bits per heavy atom. The van der Waals surface area contributed by atoms with E-state index in [0.29, 0.717) is 24.3 Å². The van der Waals surface area contributed by atoms with Gasteiger partial charge in [0.25, 0.3) is 0 Å². The Kier molecular flexibility index (Phi) is 17.1. The van der Waals surface area contributed by atoms with E-state index in [-0.39, 0.29) is 30.7 Å². The second-order valence-electron chi connectivity index (χ2n) is 9.41. The van der Waals surface area contributed by atoms with E-state index < -0.39 is 18.0 Å². The molecule has 0 fully saturated rings. The normalized spacial score (nSPS) is 13.1. The van der Waals surface area contributed by atoms with Crippen molar-refractivity contribution in [3.05, 3.63) is 70.8 Å². The van der Waals surface area contributed by atoms with Crippen molar-refractivity contribution in [2.75, 3.05) is 19.8 Å². The highest BCUT2D eigenvalue weighted by Crippen LogP contribution is 2.19. The molecule has 0 saturated carbocycles. The van der Waals surface area contributed by atoms with E-state index in [9.17, 15) is 9.59 Å². The van der Waals surface area contributed by atoms with E-state index in [0.717, 1.165) is 11.1 Å². The summed E-state index contributed by atoms with van der Waals surface area (Å²) in [5.74, 6) is -1.17. The molecule has 0 aliphatic rings. The van der Waals surface area contributed by atoms with Gasteiger partial charge in [-0.2, -0.15) is 0 Å². The first kappa shape index (κ1) is 34.2. The van der Waals surface area contributed by atoms with E-state index in [2.05, 4.69) is 0 Å². The van der Waals surface area contributed by atoms with Crippen LogP contribution in [0.15, 0.2) is 48.5 Å². The van der Waals surface area contributed by atoms with Gasteiger partial charge in [-0.15, -0.1) is 0 Å². The van der Waals surface area contributed by atoms with Gasteiger partial charge in [-0.3, -0.25) is 0 Å². The van der Waals surface area contributed by atoms with Gasteiger partial charge in [0.1, 0.15) is 0 Å². The van der Waals surface area contributed by atoms with Crippen molar-refractivity contribution < 1.29 is 39.5 Å². The Morgan fingerprint density at radius 3 is 1.35 bits per heavy atom. The first-order chi connectivity index (χ1) is 17.3. The fraction of sp³-hybridized carbons (Fsp3) is 0.517. The number of rotatable bonds is 11. The molecule has 0 aliphatic heterocycles. The molecule has 0 radical (unpaired) electrons. The van der Waals surface area contributed by atoms with Crippen LogP contribution in [0.1, 0.15) is 92.1 Å². The van der Waals surface area contributed by atoms with Gasteiger partial charge in [0.2, 0.25) is 0 Å². The molecule has 3 atom stereocenters. The van der Waals surface area contributed by atoms with Crippen LogP contribution in [0.5, 0.6) is 0 Å². The van der Waals surface area contributed by atoms with Gasteiger partial charge in [-0.25, -0.2) is 9.59 Å². The second kappa shape index (κ2) is 18.5. The fourth-order valence-corrected chi connectivity index (χ4v) is 3.09. The van der Waals surface area contributed by atoms with Gasteiger partial charge in [0.05, 0.1) is 49.3 Å². The Morgan fingerprint density at radius 1 is 0.676 bits per heavy atom. The molecule has 0 amide bonds. The number of carboxylic acid groups (broad SMARTS) is 2. The predicted octanol–water partition coefficient (Wildman–Crippen LogP) is 5.19. The number of benzene rings is 2. The van der Waals surface area contributed by atoms with E-state index in [1.807, 2.05) is 58.9 Å². The summed E-state index contributed by atoms with van der Waals surface area (Å²) in [4.78, 5) is 21.5. The van der Waals surface area contributed by atoms with Crippen molar-refractivity contribution >= 4 is 11.9 Å². The molecule has 37 heavy (non-hydrogen) atoms. The number of ether oxygens (including phenoxy) is 2. The standard InChI is InChI=1S/2C10H12O2.C9H20O4/c2*1-7(2)8-5-3-4-6-9(8)10(11)12;1-7(11)5-12-9(3)6-13-8(2)4-10/h2*3-7H,1-2H3,(H,11,12);7-11H,4-6H2,1-3H3. The number of carboxylic acids is 2. The van der Waals surface area contributed by atoms with Crippen molar-refractivity contribution in [2.45, 2.75) is 78.6 Å². The quantitative estimate of drug-likeness (QED) is 0.318. The summed E-state index contributed by atoms with van der Waals surface area (Å²) in [6.45, 7) is 14.1. The topological polar surface area (TPSA) is 134 Å². The third-order valence-electron chi connectivity index (χ3n) is 5.12. The molecule has 2 aromatic carbocycles. The lowest BCUT2D eigenvalue weighted by Crippen LogP contribution is -2.24.